The van der Waals surface area contributed by atoms with E-state index in [1.54, 1.807) is 0 Å². The Morgan fingerprint density at radius 2 is 1.89 bits per heavy atom. The smallest absolute Gasteiger partial charge is 0.178 e. The molecule has 0 aliphatic carbocycles. The van der Waals surface area contributed by atoms with Gasteiger partial charge in [-0.15, -0.1) is 0 Å². The van der Waals surface area contributed by atoms with Crippen LogP contribution in [0.3, 0.4) is 0 Å². The molecule has 1 N–H and O–H groups in total. The van der Waals surface area contributed by atoms with Crippen molar-refractivity contribution in [2.45, 2.75) is 13.0 Å². The van der Waals surface area contributed by atoms with Crippen LogP contribution in [0.4, 0.5) is 0 Å². The number of imidazole rings is 1. The lowest BCUT2D eigenvalue weighted by Gasteiger charge is -2.15. The molecule has 19 heavy (non-hydrogen) atoms. The first kappa shape index (κ1) is 12.5. The number of halogens is 1. The van der Waals surface area contributed by atoms with Crippen LogP contribution >= 0.6 is 23.8 Å². The Hall–Kier alpha value is -1.58. The van der Waals surface area contributed by atoms with Crippen LogP contribution in [0.25, 0.3) is 11.0 Å². The van der Waals surface area contributed by atoms with E-state index >= 15 is 0 Å². The highest BCUT2D eigenvalue weighted by atomic mass is 35.5. The van der Waals surface area contributed by atoms with Crippen molar-refractivity contribution in [1.82, 2.24) is 9.55 Å². The number of nitrogens with one attached hydrogen (secondary N) is 1. The highest BCUT2D eigenvalue weighted by Crippen LogP contribution is 2.25. The van der Waals surface area contributed by atoms with E-state index in [4.69, 9.17) is 23.8 Å². The van der Waals surface area contributed by atoms with Crippen LogP contribution in [-0.4, -0.2) is 9.55 Å². The third kappa shape index (κ3) is 2.20. The normalized spacial score (nSPS) is 12.7. The molecule has 2 aromatic carbocycles. The average Bonchev–Trinajstić information content (AvgIpc) is 2.74. The Morgan fingerprint density at radius 3 is 2.63 bits per heavy atom. The summed E-state index contributed by atoms with van der Waals surface area (Å²) in [5.41, 5.74) is 3.28. The van der Waals surface area contributed by atoms with E-state index < -0.39 is 0 Å². The molecule has 1 aromatic heterocycles. The second kappa shape index (κ2) is 4.83. The number of aromatic nitrogens is 2. The van der Waals surface area contributed by atoms with Crippen LogP contribution in [0.1, 0.15) is 18.5 Å². The van der Waals surface area contributed by atoms with E-state index in [1.165, 1.54) is 5.56 Å². The molecule has 0 aliphatic heterocycles. The van der Waals surface area contributed by atoms with Gasteiger partial charge in [0.15, 0.2) is 4.77 Å². The number of hydrogen-bond donors (Lipinski definition) is 1. The summed E-state index contributed by atoms with van der Waals surface area (Å²) in [6.45, 7) is 2.15. The van der Waals surface area contributed by atoms with Crippen LogP contribution in [0, 0.1) is 4.77 Å². The topological polar surface area (TPSA) is 20.7 Å². The molecule has 3 rings (SSSR count). The van der Waals surface area contributed by atoms with Crippen molar-refractivity contribution in [3.05, 3.63) is 63.9 Å². The molecule has 0 fully saturated rings. The highest BCUT2D eigenvalue weighted by Gasteiger charge is 2.12. The monoisotopic (exact) mass is 288 g/mol. The predicted molar refractivity (Wildman–Crippen MR) is 82.4 cm³/mol. The first-order valence-corrected chi connectivity index (χ1v) is 6.90. The molecule has 0 saturated carbocycles. The zero-order valence-corrected chi connectivity index (χ0v) is 12.0. The Balaban J connectivity index is 2.20. The summed E-state index contributed by atoms with van der Waals surface area (Å²) in [4.78, 5) is 3.21. The van der Waals surface area contributed by atoms with Gasteiger partial charge in [0, 0.05) is 5.02 Å². The van der Waals surface area contributed by atoms with Crippen molar-refractivity contribution < 1.29 is 0 Å². The lowest BCUT2D eigenvalue weighted by Crippen LogP contribution is -2.06. The summed E-state index contributed by atoms with van der Waals surface area (Å²) >= 11 is 11.5. The molecule has 0 saturated heterocycles. The van der Waals surface area contributed by atoms with Gasteiger partial charge in [0.1, 0.15) is 0 Å². The van der Waals surface area contributed by atoms with Crippen LogP contribution in [0.5, 0.6) is 0 Å². The zero-order valence-electron chi connectivity index (χ0n) is 10.4. The number of nitrogens with zero attached hydrogens (tertiary/aromatic N) is 1. The lowest BCUT2D eigenvalue weighted by molar-refractivity contribution is 0.649. The van der Waals surface area contributed by atoms with Crippen molar-refractivity contribution in [3.8, 4) is 0 Å². The van der Waals surface area contributed by atoms with Crippen LogP contribution in [0.15, 0.2) is 48.5 Å². The fourth-order valence-electron chi connectivity index (χ4n) is 2.37. The molecular formula is C15H13ClN2S. The number of fused-ring (bicyclic) bond motifs is 1. The number of aromatic amines is 1. The van der Waals surface area contributed by atoms with Gasteiger partial charge in [0.2, 0.25) is 0 Å². The fraction of sp³-hybridized carbons (Fsp3) is 0.133. The van der Waals surface area contributed by atoms with E-state index in [0.29, 0.717) is 9.79 Å². The van der Waals surface area contributed by atoms with E-state index in [0.717, 1.165) is 11.0 Å². The van der Waals surface area contributed by atoms with Gasteiger partial charge in [-0.05, 0) is 42.9 Å². The summed E-state index contributed by atoms with van der Waals surface area (Å²) in [6.07, 6.45) is 0. The van der Waals surface area contributed by atoms with E-state index in [2.05, 4.69) is 28.6 Å². The number of H-pyrrole nitrogens is 1. The molecule has 96 valence electrons. The first-order valence-electron chi connectivity index (χ1n) is 6.11. The lowest BCUT2D eigenvalue weighted by atomic mass is 10.1. The second-order valence-corrected chi connectivity index (χ2v) is 5.37. The maximum absolute atomic E-state index is 6.01. The maximum Gasteiger partial charge on any atom is 0.178 e. The molecular weight excluding hydrogens is 276 g/mol. The average molecular weight is 289 g/mol. The van der Waals surface area contributed by atoms with E-state index in [-0.39, 0.29) is 6.04 Å². The third-order valence-corrected chi connectivity index (χ3v) is 3.88. The van der Waals surface area contributed by atoms with Gasteiger partial charge in [-0.3, -0.25) is 0 Å². The molecule has 1 heterocycles. The van der Waals surface area contributed by atoms with Crippen molar-refractivity contribution in [3.63, 3.8) is 0 Å². The summed E-state index contributed by atoms with van der Waals surface area (Å²) in [5.74, 6) is 0. The van der Waals surface area contributed by atoms with Gasteiger partial charge < -0.3 is 9.55 Å². The minimum Gasteiger partial charge on any atom is -0.331 e. The summed E-state index contributed by atoms with van der Waals surface area (Å²) in [5, 5.41) is 0.711. The Morgan fingerprint density at radius 1 is 1.16 bits per heavy atom. The zero-order chi connectivity index (χ0) is 13.4. The second-order valence-electron chi connectivity index (χ2n) is 4.55. The van der Waals surface area contributed by atoms with Gasteiger partial charge >= 0.3 is 0 Å². The molecule has 4 heteroatoms. The minimum atomic E-state index is 0.184. The van der Waals surface area contributed by atoms with Gasteiger partial charge in [-0.25, -0.2) is 0 Å². The Labute approximate surface area is 121 Å². The maximum atomic E-state index is 6.01. The molecule has 3 aromatic rings. The highest BCUT2D eigenvalue weighted by molar-refractivity contribution is 7.71. The number of benzene rings is 2. The quantitative estimate of drug-likeness (QED) is 0.661. The van der Waals surface area contributed by atoms with Crippen molar-refractivity contribution in [2.75, 3.05) is 0 Å². The van der Waals surface area contributed by atoms with Gasteiger partial charge in [0.05, 0.1) is 17.1 Å². The van der Waals surface area contributed by atoms with Crippen molar-refractivity contribution >= 4 is 34.9 Å². The van der Waals surface area contributed by atoms with Crippen LogP contribution in [-0.2, 0) is 0 Å². The Kier molecular flexibility index (Phi) is 3.17. The fourth-order valence-corrected chi connectivity index (χ4v) is 2.91. The molecule has 0 spiro atoms. The van der Waals surface area contributed by atoms with E-state index in [9.17, 15) is 0 Å². The van der Waals surface area contributed by atoms with Crippen molar-refractivity contribution in [2.24, 2.45) is 0 Å². The summed E-state index contributed by atoms with van der Waals surface area (Å²) < 4.78 is 2.84. The largest absolute Gasteiger partial charge is 0.331 e. The molecule has 0 aliphatic rings. The molecule has 0 unspecified atom stereocenters. The van der Waals surface area contributed by atoms with Crippen LogP contribution in [0.2, 0.25) is 5.02 Å². The summed E-state index contributed by atoms with van der Waals surface area (Å²) in [7, 11) is 0. The molecule has 2 nitrogen and oxygen atoms in total. The van der Waals surface area contributed by atoms with Gasteiger partial charge in [-0.1, -0.05) is 41.9 Å². The standard InChI is InChI=1S/C15H13ClN2S/c1-10(11-5-3-2-4-6-11)18-14-8-7-12(16)9-13(14)17-15(18)19/h2-10H,1H3,(H,17,19)/t10-/m0/s1. The molecule has 0 bridgehead atoms. The first-order chi connectivity index (χ1) is 9.16. The van der Waals surface area contributed by atoms with Crippen LogP contribution < -0.4 is 0 Å². The summed E-state index contributed by atoms with van der Waals surface area (Å²) in [6, 6.07) is 16.3. The van der Waals surface area contributed by atoms with Gasteiger partial charge in [0.25, 0.3) is 0 Å². The number of hydrogen-bond acceptors (Lipinski definition) is 1. The third-order valence-electron chi connectivity index (χ3n) is 3.35. The Bertz CT molecular complexity index is 774. The predicted octanol–water partition coefficient (Wildman–Crippen LogP) is 4.96. The number of rotatable bonds is 2. The molecule has 0 radical (unpaired) electrons. The molecule has 1 atom stereocenters. The SMILES string of the molecule is C[C@@H](c1ccccc1)n1c(=S)[nH]c2cc(Cl)ccc21. The van der Waals surface area contributed by atoms with Crippen molar-refractivity contribution in [1.29, 1.82) is 0 Å². The van der Waals surface area contributed by atoms with Gasteiger partial charge in [-0.2, -0.15) is 0 Å². The minimum absolute atomic E-state index is 0.184. The molecule has 0 amide bonds. The van der Waals surface area contributed by atoms with E-state index in [1.807, 2.05) is 36.4 Å².